The molecular weight excluding hydrogens is 441 g/mol. The Balaban J connectivity index is 4.30. The Morgan fingerprint density at radius 1 is 0.536 bits per heavy atom. The van der Waals surface area contributed by atoms with Gasteiger partial charge in [0.1, 0.15) is 5.57 Å². The van der Waals surface area contributed by atoms with Gasteiger partial charge in [0.2, 0.25) is 0 Å². The maximum atomic E-state index is 13.0. The lowest BCUT2D eigenvalue weighted by Gasteiger charge is -2.25. The fourth-order valence-corrected chi connectivity index (χ4v) is 2.18. The van der Waals surface area contributed by atoms with Gasteiger partial charge in [-0.05, 0) is 6.07 Å². The Kier molecular flexibility index (Phi) is 5.78. The summed E-state index contributed by atoms with van der Waals surface area (Å²) in [7, 11) is 0. The molecule has 160 valence electrons. The van der Waals surface area contributed by atoms with Gasteiger partial charge >= 0.3 is 30.9 Å². The van der Waals surface area contributed by atoms with Gasteiger partial charge in [0.15, 0.2) is 0 Å². The Hall–Kier alpha value is -2.09. The van der Waals surface area contributed by atoms with Crippen LogP contribution in [0.1, 0.15) is 16.7 Å². The summed E-state index contributed by atoms with van der Waals surface area (Å²) < 4.78 is 192. The van der Waals surface area contributed by atoms with Gasteiger partial charge in [-0.1, -0.05) is 12.1 Å². The molecule has 0 aliphatic heterocycles. The number of allylic oxidation sites excluding steroid dienone is 2. The van der Waals surface area contributed by atoms with Crippen LogP contribution in [0.4, 0.5) is 65.9 Å². The first-order chi connectivity index (χ1) is 12.1. The summed E-state index contributed by atoms with van der Waals surface area (Å²) in [5, 5.41) is 0. The third kappa shape index (κ3) is 5.04. The Morgan fingerprint density at radius 3 is 1.25 bits per heavy atom. The maximum absolute atomic E-state index is 13.0. The molecule has 0 heterocycles. The van der Waals surface area contributed by atoms with Crippen LogP contribution < -0.4 is 0 Å². The molecule has 0 nitrogen and oxygen atoms in total. The zero-order valence-electron chi connectivity index (χ0n) is 12.4. The van der Waals surface area contributed by atoms with Gasteiger partial charge < -0.3 is 0 Å². The van der Waals surface area contributed by atoms with E-state index in [-0.39, 0.29) is 6.07 Å². The highest BCUT2D eigenvalue weighted by Gasteiger charge is 2.59. The first-order valence-corrected chi connectivity index (χ1v) is 6.33. The van der Waals surface area contributed by atoms with Crippen LogP contribution in [-0.4, -0.2) is 18.5 Å². The van der Waals surface area contributed by atoms with E-state index >= 15 is 0 Å². The van der Waals surface area contributed by atoms with E-state index in [1.165, 1.54) is 0 Å². The van der Waals surface area contributed by atoms with Crippen LogP contribution in [0.25, 0.3) is 5.57 Å². The average molecular weight is 444 g/mol. The molecule has 15 heteroatoms. The van der Waals surface area contributed by atoms with Crippen molar-refractivity contribution in [1.29, 1.82) is 0 Å². The predicted molar refractivity (Wildman–Crippen MR) is 61.5 cm³/mol. The van der Waals surface area contributed by atoms with Gasteiger partial charge in [0.05, 0.1) is 16.7 Å². The summed E-state index contributed by atoms with van der Waals surface area (Å²) in [5.41, 5.74) is -17.5. The maximum Gasteiger partial charge on any atom is 0.421 e. The first kappa shape index (κ1) is 23.9. The van der Waals surface area contributed by atoms with Crippen molar-refractivity contribution < 1.29 is 65.9 Å². The molecule has 0 bridgehead atoms. The van der Waals surface area contributed by atoms with Crippen LogP contribution in [0.15, 0.2) is 23.8 Å². The van der Waals surface area contributed by atoms with E-state index in [2.05, 4.69) is 0 Å². The molecule has 1 rings (SSSR count). The number of halogens is 15. The van der Waals surface area contributed by atoms with E-state index in [4.69, 9.17) is 0 Å². The molecule has 0 amide bonds. The molecule has 1 aromatic carbocycles. The van der Waals surface area contributed by atoms with Gasteiger partial charge in [-0.25, -0.2) is 0 Å². The lowest BCUT2D eigenvalue weighted by molar-refractivity contribution is -0.176. The molecule has 0 aliphatic rings. The summed E-state index contributed by atoms with van der Waals surface area (Å²) in [5.74, 6) is 0. The summed E-state index contributed by atoms with van der Waals surface area (Å²) in [6, 6.07) is -1.16. The lowest BCUT2D eigenvalue weighted by atomic mass is 9.90. The molecule has 0 radical (unpaired) electrons. The van der Waals surface area contributed by atoms with Crippen molar-refractivity contribution in [2.75, 3.05) is 0 Å². The van der Waals surface area contributed by atoms with Crippen molar-refractivity contribution in [3.8, 4) is 0 Å². The first-order valence-electron chi connectivity index (χ1n) is 6.33. The Bertz CT molecular complexity index is 733. The smallest absolute Gasteiger partial charge is 0.166 e. The molecule has 1 aromatic rings. The standard InChI is InChI=1S/C13H3F15/c14-9(15,16)5-3-1-2-4(6(5)10(17,18)19)7(11(20,21)22)8(12(23,24)25)13(26,27)28/h1-3H. The fourth-order valence-electron chi connectivity index (χ4n) is 2.18. The molecule has 0 fully saturated rings. The minimum absolute atomic E-state index is 0.177. The van der Waals surface area contributed by atoms with Crippen LogP contribution in [0.5, 0.6) is 0 Å². The number of hydrogen-bond donors (Lipinski definition) is 0. The zero-order valence-corrected chi connectivity index (χ0v) is 12.4. The Morgan fingerprint density at radius 2 is 0.964 bits per heavy atom. The van der Waals surface area contributed by atoms with E-state index in [1.807, 2.05) is 0 Å². The molecular formula is C13H3F15. The molecule has 0 aliphatic carbocycles. The number of rotatable bonds is 1. The van der Waals surface area contributed by atoms with Crippen molar-refractivity contribution in [2.24, 2.45) is 0 Å². The van der Waals surface area contributed by atoms with E-state index in [9.17, 15) is 65.9 Å². The highest BCUT2D eigenvalue weighted by Crippen LogP contribution is 2.52. The monoisotopic (exact) mass is 444 g/mol. The van der Waals surface area contributed by atoms with Gasteiger partial charge in [-0.15, -0.1) is 0 Å². The topological polar surface area (TPSA) is 0 Å². The highest BCUT2D eigenvalue weighted by molar-refractivity contribution is 5.77. The number of hydrogen-bond acceptors (Lipinski definition) is 0. The number of benzene rings is 1. The quantitative estimate of drug-likeness (QED) is 0.403. The summed E-state index contributed by atoms with van der Waals surface area (Å²) >= 11 is 0. The van der Waals surface area contributed by atoms with E-state index in [0.29, 0.717) is 0 Å². The second-order valence-electron chi connectivity index (χ2n) is 4.97. The number of alkyl halides is 15. The molecule has 0 N–H and O–H groups in total. The summed E-state index contributed by atoms with van der Waals surface area (Å²) in [6.07, 6.45) is -32.9. The summed E-state index contributed by atoms with van der Waals surface area (Å²) in [4.78, 5) is 0. The third-order valence-electron chi connectivity index (χ3n) is 3.02. The average Bonchev–Trinajstić information content (AvgIpc) is 2.37. The third-order valence-corrected chi connectivity index (χ3v) is 3.02. The second-order valence-corrected chi connectivity index (χ2v) is 4.97. The van der Waals surface area contributed by atoms with Crippen molar-refractivity contribution in [2.45, 2.75) is 30.9 Å². The minimum Gasteiger partial charge on any atom is -0.166 e. The van der Waals surface area contributed by atoms with Crippen LogP contribution in [0, 0.1) is 0 Å². The second kappa shape index (κ2) is 6.76. The minimum atomic E-state index is -6.89. The van der Waals surface area contributed by atoms with Crippen LogP contribution in [0.3, 0.4) is 0 Å². The van der Waals surface area contributed by atoms with Gasteiger partial charge in [0.25, 0.3) is 0 Å². The van der Waals surface area contributed by atoms with E-state index < -0.39 is 70.9 Å². The van der Waals surface area contributed by atoms with Crippen LogP contribution >= 0.6 is 0 Å². The van der Waals surface area contributed by atoms with Crippen molar-refractivity contribution in [3.63, 3.8) is 0 Å². The zero-order chi connectivity index (χ0) is 22.5. The highest BCUT2D eigenvalue weighted by atomic mass is 19.4. The van der Waals surface area contributed by atoms with Gasteiger partial charge in [0, 0.05) is 5.56 Å². The molecule has 0 atom stereocenters. The van der Waals surface area contributed by atoms with Crippen molar-refractivity contribution >= 4 is 5.57 Å². The van der Waals surface area contributed by atoms with E-state index in [0.717, 1.165) is 0 Å². The van der Waals surface area contributed by atoms with Gasteiger partial charge in [-0.3, -0.25) is 0 Å². The normalized spacial score (nSPS) is 14.2. The molecule has 28 heavy (non-hydrogen) atoms. The van der Waals surface area contributed by atoms with Crippen LogP contribution in [-0.2, 0) is 12.4 Å². The van der Waals surface area contributed by atoms with E-state index in [1.54, 1.807) is 0 Å². The predicted octanol–water partition coefficient (Wildman–Crippen LogP) is 7.16. The lowest BCUT2D eigenvalue weighted by Crippen LogP contribution is -2.32. The van der Waals surface area contributed by atoms with Gasteiger partial charge in [-0.2, -0.15) is 65.9 Å². The molecule has 0 aromatic heterocycles. The SMILES string of the molecule is FC(F)(F)C(=C(C(F)(F)F)C(F)(F)F)c1cccc(C(F)(F)F)c1C(F)(F)F. The largest absolute Gasteiger partial charge is 0.421 e. The Labute approximate surface area is 144 Å². The molecule has 0 saturated heterocycles. The van der Waals surface area contributed by atoms with Crippen molar-refractivity contribution in [1.82, 2.24) is 0 Å². The molecule has 0 saturated carbocycles. The fraction of sp³-hybridized carbons (Fsp3) is 0.385. The van der Waals surface area contributed by atoms with Crippen molar-refractivity contribution in [3.05, 3.63) is 40.5 Å². The summed E-state index contributed by atoms with van der Waals surface area (Å²) in [6.45, 7) is 0. The van der Waals surface area contributed by atoms with Crippen LogP contribution in [0.2, 0.25) is 0 Å². The molecule has 0 unspecified atom stereocenters. The molecule has 0 spiro atoms.